The minimum Gasteiger partial charge on any atom is -0.376 e. The zero-order valence-corrected chi connectivity index (χ0v) is 19.4. The van der Waals surface area contributed by atoms with Crippen molar-refractivity contribution in [2.45, 2.75) is 45.8 Å². The predicted molar refractivity (Wildman–Crippen MR) is 127 cm³/mol. The summed E-state index contributed by atoms with van der Waals surface area (Å²) < 4.78 is 5.70. The van der Waals surface area contributed by atoms with Gasteiger partial charge in [-0.1, -0.05) is 6.07 Å². The molecular formula is C23H34N4O2S. The van der Waals surface area contributed by atoms with Gasteiger partial charge in [-0.3, -0.25) is 4.79 Å². The molecule has 6 nitrogen and oxygen atoms in total. The molecule has 0 spiro atoms. The first-order valence-corrected chi connectivity index (χ1v) is 11.2. The van der Waals surface area contributed by atoms with Crippen molar-refractivity contribution in [1.29, 1.82) is 0 Å². The maximum absolute atomic E-state index is 12.8. The quantitative estimate of drug-likeness (QED) is 0.628. The maximum Gasteiger partial charge on any atom is 0.253 e. The van der Waals surface area contributed by atoms with Crippen molar-refractivity contribution in [3.05, 3.63) is 45.2 Å². The Morgan fingerprint density at radius 2 is 2.07 bits per heavy atom. The molecule has 3 rings (SSSR count). The van der Waals surface area contributed by atoms with Crippen LogP contribution in [0, 0.1) is 13.8 Å². The Morgan fingerprint density at radius 1 is 1.27 bits per heavy atom. The molecule has 1 fully saturated rings. The Labute approximate surface area is 184 Å². The number of aromatic amines is 1. The van der Waals surface area contributed by atoms with Crippen LogP contribution in [-0.4, -0.2) is 66.3 Å². The molecule has 1 atom stereocenters. The minimum atomic E-state index is -0.0490. The van der Waals surface area contributed by atoms with Crippen LogP contribution < -0.4 is 10.9 Å². The van der Waals surface area contributed by atoms with Crippen molar-refractivity contribution in [3.63, 3.8) is 0 Å². The molecule has 2 aromatic rings. The lowest BCUT2D eigenvalue weighted by Crippen LogP contribution is -2.43. The summed E-state index contributed by atoms with van der Waals surface area (Å²) in [4.78, 5) is 20.1. The SMILES string of the molecule is Cc1cc(C)c2cc(CN(CCCN(C)C)C(=S)NCC3CCCO3)c(=O)[nH]c2c1. The second-order valence-corrected chi connectivity index (χ2v) is 8.95. The van der Waals surface area contributed by atoms with E-state index in [0.717, 1.165) is 67.5 Å². The van der Waals surface area contributed by atoms with E-state index < -0.39 is 0 Å². The molecule has 1 aromatic heterocycles. The van der Waals surface area contributed by atoms with E-state index in [1.54, 1.807) is 0 Å². The topological polar surface area (TPSA) is 60.6 Å². The highest BCUT2D eigenvalue weighted by Gasteiger charge is 2.18. The standard InChI is InChI=1S/C23H34N4O2S/c1-16-11-17(2)20-13-18(22(28)25-21(20)12-16)15-27(9-6-8-26(3)4)23(30)24-14-19-7-5-10-29-19/h11-13,19H,5-10,14-15H2,1-4H3,(H,24,30)(H,25,28). The normalized spacial score (nSPS) is 16.4. The van der Waals surface area contributed by atoms with Gasteiger partial charge in [-0.25, -0.2) is 0 Å². The summed E-state index contributed by atoms with van der Waals surface area (Å²) in [5.74, 6) is 0. The molecule has 1 aliphatic rings. The highest BCUT2D eigenvalue weighted by molar-refractivity contribution is 7.80. The van der Waals surface area contributed by atoms with Crippen LogP contribution >= 0.6 is 12.2 Å². The van der Waals surface area contributed by atoms with Gasteiger partial charge in [0, 0.05) is 36.2 Å². The van der Waals surface area contributed by atoms with Gasteiger partial charge in [0.15, 0.2) is 5.11 Å². The number of thiocarbonyl (C=S) groups is 1. The average Bonchev–Trinajstić information content (AvgIpc) is 3.19. The van der Waals surface area contributed by atoms with Crippen molar-refractivity contribution in [2.75, 3.05) is 40.3 Å². The largest absolute Gasteiger partial charge is 0.376 e. The monoisotopic (exact) mass is 430 g/mol. The van der Waals surface area contributed by atoms with E-state index in [9.17, 15) is 4.79 Å². The fraction of sp³-hybridized carbons (Fsp3) is 0.565. The van der Waals surface area contributed by atoms with Gasteiger partial charge >= 0.3 is 0 Å². The lowest BCUT2D eigenvalue weighted by molar-refractivity contribution is 0.113. The molecule has 1 saturated heterocycles. The van der Waals surface area contributed by atoms with Crippen molar-refractivity contribution in [3.8, 4) is 0 Å². The minimum absolute atomic E-state index is 0.0490. The average molecular weight is 431 g/mol. The molecule has 30 heavy (non-hydrogen) atoms. The van der Waals surface area contributed by atoms with Crippen molar-refractivity contribution in [1.82, 2.24) is 20.1 Å². The third-order valence-corrected chi connectivity index (χ3v) is 5.98. The number of hydrogen-bond donors (Lipinski definition) is 2. The number of pyridine rings is 1. The first kappa shape index (κ1) is 22.7. The Balaban J connectivity index is 1.77. The van der Waals surface area contributed by atoms with Gasteiger partial charge in [0.1, 0.15) is 0 Å². The summed E-state index contributed by atoms with van der Waals surface area (Å²) in [6.07, 6.45) is 3.37. The summed E-state index contributed by atoms with van der Waals surface area (Å²) in [5, 5.41) is 5.13. The number of aryl methyl sites for hydroxylation is 2. The smallest absolute Gasteiger partial charge is 0.253 e. The number of aromatic nitrogens is 1. The molecule has 0 bridgehead atoms. The number of nitrogens with zero attached hydrogens (tertiary/aromatic N) is 2. The van der Waals surface area contributed by atoms with Crippen LogP contribution in [0.15, 0.2) is 23.0 Å². The predicted octanol–water partition coefficient (Wildman–Crippen LogP) is 2.95. The Kier molecular flexibility index (Phi) is 7.86. The number of H-pyrrole nitrogens is 1. The van der Waals surface area contributed by atoms with Gasteiger partial charge in [-0.2, -0.15) is 0 Å². The molecule has 2 heterocycles. The number of hydrogen-bond acceptors (Lipinski definition) is 4. The number of nitrogens with one attached hydrogen (secondary N) is 2. The maximum atomic E-state index is 12.8. The number of fused-ring (bicyclic) bond motifs is 1. The van der Waals surface area contributed by atoms with E-state index in [0.29, 0.717) is 11.7 Å². The third-order valence-electron chi connectivity index (χ3n) is 5.58. The first-order valence-electron chi connectivity index (χ1n) is 10.8. The van der Waals surface area contributed by atoms with Gasteiger partial charge < -0.3 is 24.8 Å². The van der Waals surface area contributed by atoms with Crippen LogP contribution in [0.1, 0.15) is 36.0 Å². The molecule has 7 heteroatoms. The van der Waals surface area contributed by atoms with Crippen LogP contribution in [0.4, 0.5) is 0 Å². The summed E-state index contributed by atoms with van der Waals surface area (Å²) in [7, 11) is 4.13. The molecule has 164 valence electrons. The van der Waals surface area contributed by atoms with Crippen molar-refractivity contribution in [2.24, 2.45) is 0 Å². The number of ether oxygens (including phenoxy) is 1. The van der Waals surface area contributed by atoms with Crippen molar-refractivity contribution >= 4 is 28.2 Å². The van der Waals surface area contributed by atoms with E-state index in [4.69, 9.17) is 17.0 Å². The molecule has 0 radical (unpaired) electrons. The van der Waals surface area contributed by atoms with Crippen LogP contribution in [0.5, 0.6) is 0 Å². The Morgan fingerprint density at radius 3 is 2.77 bits per heavy atom. The molecular weight excluding hydrogens is 396 g/mol. The fourth-order valence-electron chi connectivity index (χ4n) is 3.99. The summed E-state index contributed by atoms with van der Waals surface area (Å²) in [5.41, 5.74) is 3.89. The highest BCUT2D eigenvalue weighted by Crippen LogP contribution is 2.19. The third kappa shape index (κ3) is 6.03. The second kappa shape index (κ2) is 10.4. The van der Waals surface area contributed by atoms with E-state index >= 15 is 0 Å². The van der Waals surface area contributed by atoms with E-state index in [1.807, 2.05) is 19.1 Å². The second-order valence-electron chi connectivity index (χ2n) is 8.57. The molecule has 1 aliphatic heterocycles. The first-order chi connectivity index (χ1) is 14.3. The van der Waals surface area contributed by atoms with Crippen molar-refractivity contribution < 1.29 is 4.74 Å². The lowest BCUT2D eigenvalue weighted by Gasteiger charge is -2.27. The summed E-state index contributed by atoms with van der Waals surface area (Å²) >= 11 is 5.70. The van der Waals surface area contributed by atoms with Crippen LogP contribution in [0.2, 0.25) is 0 Å². The van der Waals surface area contributed by atoms with Gasteiger partial charge in [-0.15, -0.1) is 0 Å². The van der Waals surface area contributed by atoms with E-state index in [-0.39, 0.29) is 11.7 Å². The molecule has 2 N–H and O–H groups in total. The van der Waals surface area contributed by atoms with E-state index in [2.05, 4.69) is 47.2 Å². The Bertz CT molecular complexity index is 935. The molecule has 1 aromatic carbocycles. The van der Waals surface area contributed by atoms with Crippen LogP contribution in [0.3, 0.4) is 0 Å². The number of rotatable bonds is 8. The molecule has 0 aliphatic carbocycles. The lowest BCUT2D eigenvalue weighted by atomic mass is 10.0. The fourth-order valence-corrected chi connectivity index (χ4v) is 4.23. The zero-order chi connectivity index (χ0) is 21.7. The molecule has 0 saturated carbocycles. The zero-order valence-electron chi connectivity index (χ0n) is 18.6. The van der Waals surface area contributed by atoms with Crippen LogP contribution in [0.25, 0.3) is 10.9 Å². The van der Waals surface area contributed by atoms with Gasteiger partial charge in [0.05, 0.1) is 12.6 Å². The van der Waals surface area contributed by atoms with Gasteiger partial charge in [0.25, 0.3) is 5.56 Å². The molecule has 1 unspecified atom stereocenters. The van der Waals surface area contributed by atoms with E-state index in [1.165, 1.54) is 5.56 Å². The summed E-state index contributed by atoms with van der Waals surface area (Å²) in [6, 6.07) is 6.19. The van der Waals surface area contributed by atoms with Crippen LogP contribution in [-0.2, 0) is 11.3 Å². The Hall–Kier alpha value is -1.96. The highest BCUT2D eigenvalue weighted by atomic mass is 32.1. The molecule has 0 amide bonds. The van der Waals surface area contributed by atoms with Gasteiger partial charge in [-0.05, 0) is 89.2 Å². The summed E-state index contributed by atoms with van der Waals surface area (Å²) in [6.45, 7) is 7.93. The van der Waals surface area contributed by atoms with Gasteiger partial charge in [0.2, 0.25) is 0 Å². The number of benzene rings is 1.